The van der Waals surface area contributed by atoms with Gasteiger partial charge in [-0.15, -0.1) is 0 Å². The fraction of sp³-hybridized carbons (Fsp3) is 0.619. The Morgan fingerprint density at radius 3 is 2.71 bits per heavy atom. The smallest absolute Gasteiger partial charge is 0.250 e. The monoisotopic (exact) mass is 450 g/mol. The standard InChI is InChI=1S/C21H30N4O5S/c1-23(2)31(28,29)16-8-9-17-19(12-16)25(21(27)18-7-3-4-10-24(17)18)14-20(26)22-13-15-6-5-11-30-15/h8-9,12,15,18H,3-7,10-11,13-14H2,1-2H3,(H,22,26)/t15-,18+/m1/s1. The Morgan fingerprint density at radius 1 is 1.19 bits per heavy atom. The van der Waals surface area contributed by atoms with E-state index in [-0.39, 0.29) is 35.4 Å². The fourth-order valence-corrected chi connectivity index (χ4v) is 5.43. The summed E-state index contributed by atoms with van der Waals surface area (Å²) in [6.07, 6.45) is 4.56. The maximum atomic E-state index is 13.3. The van der Waals surface area contributed by atoms with E-state index in [1.165, 1.54) is 25.1 Å². The molecule has 2 atom stereocenters. The van der Waals surface area contributed by atoms with Crippen LogP contribution in [0.1, 0.15) is 32.1 Å². The molecule has 9 nitrogen and oxygen atoms in total. The number of amides is 2. The third kappa shape index (κ3) is 4.28. The van der Waals surface area contributed by atoms with Crippen LogP contribution in [0.3, 0.4) is 0 Å². The van der Waals surface area contributed by atoms with E-state index in [0.29, 0.717) is 18.8 Å². The van der Waals surface area contributed by atoms with Crippen molar-refractivity contribution in [3.05, 3.63) is 18.2 Å². The van der Waals surface area contributed by atoms with Gasteiger partial charge >= 0.3 is 0 Å². The first-order chi connectivity index (χ1) is 14.8. The van der Waals surface area contributed by atoms with Crippen LogP contribution in [0.4, 0.5) is 11.4 Å². The summed E-state index contributed by atoms with van der Waals surface area (Å²) < 4.78 is 32.0. The highest BCUT2D eigenvalue weighted by atomic mass is 32.2. The summed E-state index contributed by atoms with van der Waals surface area (Å²) in [5.41, 5.74) is 1.27. The van der Waals surface area contributed by atoms with Crippen molar-refractivity contribution in [2.24, 2.45) is 0 Å². The van der Waals surface area contributed by atoms with Gasteiger partial charge < -0.3 is 15.0 Å². The van der Waals surface area contributed by atoms with E-state index in [4.69, 9.17) is 4.74 Å². The molecule has 0 aromatic heterocycles. The highest BCUT2D eigenvalue weighted by molar-refractivity contribution is 7.89. The van der Waals surface area contributed by atoms with Crippen LogP contribution in [0.2, 0.25) is 0 Å². The van der Waals surface area contributed by atoms with Crippen LogP contribution in [-0.4, -0.2) is 77.0 Å². The third-order valence-corrected chi connectivity index (χ3v) is 8.04. The van der Waals surface area contributed by atoms with Crippen LogP contribution >= 0.6 is 0 Å². The number of nitrogens with one attached hydrogen (secondary N) is 1. The quantitative estimate of drug-likeness (QED) is 0.693. The lowest BCUT2D eigenvalue weighted by molar-refractivity contribution is -0.125. The van der Waals surface area contributed by atoms with Crippen molar-refractivity contribution >= 4 is 33.2 Å². The molecule has 1 N–H and O–H groups in total. The molecule has 1 aromatic carbocycles. The van der Waals surface area contributed by atoms with Gasteiger partial charge in [-0.05, 0) is 50.3 Å². The Labute approximate surface area is 183 Å². The molecule has 3 aliphatic heterocycles. The Morgan fingerprint density at radius 2 is 2.00 bits per heavy atom. The molecule has 2 amide bonds. The van der Waals surface area contributed by atoms with Crippen molar-refractivity contribution in [3.8, 4) is 0 Å². The van der Waals surface area contributed by atoms with Crippen molar-refractivity contribution in [3.63, 3.8) is 0 Å². The maximum absolute atomic E-state index is 13.3. The van der Waals surface area contributed by atoms with Crippen LogP contribution < -0.4 is 15.1 Å². The first-order valence-electron chi connectivity index (χ1n) is 10.8. The van der Waals surface area contributed by atoms with Gasteiger partial charge in [0.2, 0.25) is 21.8 Å². The van der Waals surface area contributed by atoms with Crippen LogP contribution in [-0.2, 0) is 24.3 Å². The van der Waals surface area contributed by atoms with Gasteiger partial charge in [0, 0.05) is 33.8 Å². The predicted octanol–water partition coefficient (Wildman–Crippen LogP) is 0.938. The van der Waals surface area contributed by atoms with Crippen molar-refractivity contribution in [2.75, 3.05) is 50.1 Å². The van der Waals surface area contributed by atoms with Gasteiger partial charge in [0.05, 0.1) is 22.4 Å². The summed E-state index contributed by atoms with van der Waals surface area (Å²) in [5, 5.41) is 2.86. The Kier molecular flexibility index (Phi) is 6.23. The molecule has 31 heavy (non-hydrogen) atoms. The molecule has 0 saturated carbocycles. The summed E-state index contributed by atoms with van der Waals surface area (Å²) in [4.78, 5) is 29.6. The summed E-state index contributed by atoms with van der Waals surface area (Å²) in [7, 11) is -0.732. The van der Waals surface area contributed by atoms with Gasteiger partial charge in [-0.1, -0.05) is 0 Å². The van der Waals surface area contributed by atoms with Gasteiger partial charge in [-0.2, -0.15) is 0 Å². The first kappa shape index (κ1) is 22.0. The summed E-state index contributed by atoms with van der Waals surface area (Å²) >= 11 is 0. The summed E-state index contributed by atoms with van der Waals surface area (Å²) in [6.45, 7) is 1.72. The van der Waals surface area contributed by atoms with E-state index in [1.807, 2.05) is 4.90 Å². The van der Waals surface area contributed by atoms with Crippen LogP contribution in [0.15, 0.2) is 23.1 Å². The highest BCUT2D eigenvalue weighted by Gasteiger charge is 2.40. The number of fused-ring (bicyclic) bond motifs is 3. The molecule has 1 aromatic rings. The topological polar surface area (TPSA) is 99.3 Å². The lowest BCUT2D eigenvalue weighted by Gasteiger charge is -2.45. The Bertz CT molecular complexity index is 959. The molecule has 0 unspecified atom stereocenters. The van der Waals surface area contributed by atoms with E-state index in [9.17, 15) is 18.0 Å². The van der Waals surface area contributed by atoms with Gasteiger partial charge in [0.1, 0.15) is 12.6 Å². The number of nitrogens with zero attached hydrogens (tertiary/aromatic N) is 3. The van der Waals surface area contributed by atoms with E-state index in [1.54, 1.807) is 12.1 Å². The molecule has 10 heteroatoms. The van der Waals surface area contributed by atoms with Crippen LogP contribution in [0, 0.1) is 0 Å². The molecule has 0 bridgehead atoms. The Hall–Kier alpha value is -2.17. The second-order valence-corrected chi connectivity index (χ2v) is 10.7. The Balaban J connectivity index is 1.63. The minimum atomic E-state index is -3.67. The highest BCUT2D eigenvalue weighted by Crippen LogP contribution is 2.40. The number of anilines is 2. The number of carbonyl (C=O) groups is 2. The van der Waals surface area contributed by atoms with Crippen molar-refractivity contribution < 1.29 is 22.7 Å². The minimum absolute atomic E-state index is 0.0129. The average Bonchev–Trinajstić information content (AvgIpc) is 3.28. The fourth-order valence-electron chi connectivity index (χ4n) is 4.50. The van der Waals surface area contributed by atoms with Crippen molar-refractivity contribution in [1.82, 2.24) is 9.62 Å². The molecule has 3 heterocycles. The number of piperidine rings is 1. The normalized spacial score (nSPS) is 23.6. The molecule has 0 radical (unpaired) electrons. The molecule has 0 aliphatic carbocycles. The van der Waals surface area contributed by atoms with E-state index >= 15 is 0 Å². The van der Waals surface area contributed by atoms with Gasteiger partial charge in [-0.25, -0.2) is 12.7 Å². The average molecular weight is 451 g/mol. The molecule has 4 rings (SSSR count). The van der Waals surface area contributed by atoms with Gasteiger partial charge in [0.25, 0.3) is 0 Å². The predicted molar refractivity (Wildman–Crippen MR) is 117 cm³/mol. The molecule has 3 aliphatic rings. The largest absolute Gasteiger partial charge is 0.376 e. The van der Waals surface area contributed by atoms with E-state index in [2.05, 4.69) is 5.32 Å². The van der Waals surface area contributed by atoms with Crippen LogP contribution in [0.25, 0.3) is 0 Å². The maximum Gasteiger partial charge on any atom is 0.250 e. The molecule has 2 saturated heterocycles. The second kappa shape index (κ2) is 8.76. The lowest BCUT2D eigenvalue weighted by atomic mass is 9.96. The van der Waals surface area contributed by atoms with Crippen molar-refractivity contribution in [1.29, 1.82) is 0 Å². The zero-order valence-corrected chi connectivity index (χ0v) is 18.9. The molecular weight excluding hydrogens is 420 g/mol. The number of rotatable bonds is 6. The SMILES string of the molecule is CN(C)S(=O)(=O)c1ccc2c(c1)N(CC(=O)NC[C@H]1CCCO1)C(=O)[C@@H]1CCCCN21. The minimum Gasteiger partial charge on any atom is -0.376 e. The van der Waals surface area contributed by atoms with E-state index in [0.717, 1.165) is 48.6 Å². The molecule has 2 fully saturated rings. The number of ether oxygens (including phenoxy) is 1. The van der Waals surface area contributed by atoms with Gasteiger partial charge in [0.15, 0.2) is 0 Å². The lowest BCUT2D eigenvalue weighted by Crippen LogP contribution is -2.57. The van der Waals surface area contributed by atoms with Crippen LogP contribution in [0.5, 0.6) is 0 Å². The first-order valence-corrected chi connectivity index (χ1v) is 12.3. The zero-order valence-electron chi connectivity index (χ0n) is 18.0. The molecule has 170 valence electrons. The summed E-state index contributed by atoms with van der Waals surface area (Å²) in [5.74, 6) is -0.432. The number of sulfonamides is 1. The third-order valence-electron chi connectivity index (χ3n) is 6.23. The van der Waals surface area contributed by atoms with Crippen molar-refractivity contribution in [2.45, 2.75) is 49.1 Å². The number of carbonyl (C=O) groups excluding carboxylic acids is 2. The number of hydrogen-bond acceptors (Lipinski definition) is 6. The molecule has 0 spiro atoms. The van der Waals surface area contributed by atoms with E-state index < -0.39 is 10.0 Å². The summed E-state index contributed by atoms with van der Waals surface area (Å²) in [6, 6.07) is 4.53. The zero-order chi connectivity index (χ0) is 22.2. The molecular formula is C21H30N4O5S. The number of hydrogen-bond donors (Lipinski definition) is 1. The number of benzene rings is 1. The second-order valence-electron chi connectivity index (χ2n) is 8.51. The van der Waals surface area contributed by atoms with Gasteiger partial charge in [-0.3, -0.25) is 14.5 Å².